The zero-order valence-corrected chi connectivity index (χ0v) is 19.2. The van der Waals surface area contributed by atoms with Crippen molar-refractivity contribution in [2.45, 2.75) is 30.2 Å². The smallest absolute Gasteiger partial charge is 0.259 e. The van der Waals surface area contributed by atoms with Gasteiger partial charge in [0, 0.05) is 12.2 Å². The number of fused-ring (bicyclic) bond motifs is 1. The van der Waals surface area contributed by atoms with Crippen molar-refractivity contribution in [3.8, 4) is 12.3 Å². The van der Waals surface area contributed by atoms with Gasteiger partial charge in [0.2, 0.25) is 9.84 Å². The molecule has 0 saturated carbocycles. The highest BCUT2D eigenvalue weighted by molar-refractivity contribution is 7.91. The zero-order valence-electron chi connectivity index (χ0n) is 18.4. The Bertz CT molecular complexity index is 1530. The molecule has 0 fully saturated rings. The quantitative estimate of drug-likeness (QED) is 0.442. The Balaban J connectivity index is 1.69. The molecule has 0 bridgehead atoms. The Kier molecular flexibility index (Phi) is 6.03. The number of hydrogen-bond acceptors (Lipinski definition) is 5. The van der Waals surface area contributed by atoms with Crippen LogP contribution in [0.1, 0.15) is 17.0 Å². The summed E-state index contributed by atoms with van der Waals surface area (Å²) in [6.45, 7) is 4.18. The number of aromatic nitrogens is 2. The lowest BCUT2D eigenvalue weighted by atomic mass is 10.1. The summed E-state index contributed by atoms with van der Waals surface area (Å²) < 4.78 is 26.1. The normalized spacial score (nSPS) is 11.3. The van der Waals surface area contributed by atoms with E-state index in [0.717, 1.165) is 11.3 Å². The SMILES string of the molecule is C#CCN(Cc1cccc2nc(C)[nH]c(=O)c12)c1ccc(S(=O)(=O)c2ccccc2C)cc1. The van der Waals surface area contributed by atoms with Crippen molar-refractivity contribution in [3.63, 3.8) is 0 Å². The first-order chi connectivity index (χ1) is 15.8. The van der Waals surface area contributed by atoms with Crippen molar-refractivity contribution in [1.82, 2.24) is 9.97 Å². The molecule has 0 aliphatic carbocycles. The predicted molar refractivity (Wildman–Crippen MR) is 130 cm³/mol. The lowest BCUT2D eigenvalue weighted by molar-refractivity contribution is 0.595. The number of nitrogens with one attached hydrogen (secondary N) is 1. The number of terminal acetylenes is 1. The second kappa shape index (κ2) is 8.93. The third kappa shape index (κ3) is 4.38. The van der Waals surface area contributed by atoms with Gasteiger partial charge in [-0.3, -0.25) is 4.79 Å². The fourth-order valence-electron chi connectivity index (χ4n) is 3.88. The molecule has 0 radical (unpaired) electrons. The van der Waals surface area contributed by atoms with E-state index < -0.39 is 9.84 Å². The molecule has 0 amide bonds. The lowest BCUT2D eigenvalue weighted by Crippen LogP contribution is -2.24. The fourth-order valence-corrected chi connectivity index (χ4v) is 5.38. The molecular weight excluding hydrogens is 434 g/mol. The van der Waals surface area contributed by atoms with E-state index >= 15 is 0 Å². The van der Waals surface area contributed by atoms with Crippen LogP contribution in [0.5, 0.6) is 0 Å². The summed E-state index contributed by atoms with van der Waals surface area (Å²) in [6.07, 6.45) is 5.61. The Morgan fingerprint density at radius 1 is 1.00 bits per heavy atom. The summed E-state index contributed by atoms with van der Waals surface area (Å²) in [5, 5.41) is 0.517. The molecule has 0 saturated heterocycles. The molecule has 0 aliphatic heterocycles. The van der Waals surface area contributed by atoms with Gasteiger partial charge in [-0.15, -0.1) is 6.42 Å². The number of benzene rings is 3. The van der Waals surface area contributed by atoms with Gasteiger partial charge in [-0.2, -0.15) is 0 Å². The Morgan fingerprint density at radius 3 is 2.42 bits per heavy atom. The van der Waals surface area contributed by atoms with Gasteiger partial charge in [0.25, 0.3) is 5.56 Å². The molecule has 1 N–H and O–H groups in total. The van der Waals surface area contributed by atoms with Crippen LogP contribution in [0.4, 0.5) is 5.69 Å². The van der Waals surface area contributed by atoms with E-state index in [1.165, 1.54) is 0 Å². The maximum atomic E-state index is 13.1. The van der Waals surface area contributed by atoms with Crippen LogP contribution in [-0.2, 0) is 16.4 Å². The first kappa shape index (κ1) is 22.3. The molecule has 166 valence electrons. The molecule has 0 spiro atoms. The third-order valence-corrected chi connectivity index (χ3v) is 7.41. The molecule has 1 heterocycles. The van der Waals surface area contributed by atoms with Crippen LogP contribution >= 0.6 is 0 Å². The van der Waals surface area contributed by atoms with Gasteiger partial charge in [-0.1, -0.05) is 36.3 Å². The van der Waals surface area contributed by atoms with E-state index in [4.69, 9.17) is 6.42 Å². The van der Waals surface area contributed by atoms with E-state index in [1.54, 1.807) is 62.4 Å². The van der Waals surface area contributed by atoms with Gasteiger partial charge < -0.3 is 9.88 Å². The summed E-state index contributed by atoms with van der Waals surface area (Å²) >= 11 is 0. The summed E-state index contributed by atoms with van der Waals surface area (Å²) in [6, 6.07) is 19.1. The molecule has 0 aliphatic rings. The van der Waals surface area contributed by atoms with Crippen LogP contribution in [0.3, 0.4) is 0 Å². The minimum Gasteiger partial charge on any atom is -0.356 e. The van der Waals surface area contributed by atoms with Gasteiger partial charge >= 0.3 is 0 Å². The van der Waals surface area contributed by atoms with Crippen LogP contribution in [0.2, 0.25) is 0 Å². The van der Waals surface area contributed by atoms with E-state index in [-0.39, 0.29) is 21.9 Å². The Morgan fingerprint density at radius 2 is 1.73 bits per heavy atom. The van der Waals surface area contributed by atoms with Crippen molar-refractivity contribution in [2.24, 2.45) is 0 Å². The second-order valence-corrected chi connectivity index (χ2v) is 9.70. The summed E-state index contributed by atoms with van der Waals surface area (Å²) in [7, 11) is -3.63. The molecule has 3 aromatic carbocycles. The maximum Gasteiger partial charge on any atom is 0.259 e. The molecule has 33 heavy (non-hydrogen) atoms. The number of sulfone groups is 1. The van der Waals surface area contributed by atoms with Gasteiger partial charge in [0.05, 0.1) is 27.2 Å². The van der Waals surface area contributed by atoms with Crippen LogP contribution in [0, 0.1) is 26.2 Å². The monoisotopic (exact) mass is 457 g/mol. The van der Waals surface area contributed by atoms with Crippen molar-refractivity contribution >= 4 is 26.4 Å². The van der Waals surface area contributed by atoms with E-state index in [2.05, 4.69) is 15.9 Å². The van der Waals surface area contributed by atoms with Gasteiger partial charge in [-0.25, -0.2) is 13.4 Å². The first-order valence-corrected chi connectivity index (χ1v) is 11.9. The highest BCUT2D eigenvalue weighted by atomic mass is 32.2. The summed E-state index contributed by atoms with van der Waals surface area (Å²) in [4.78, 5) is 22.2. The third-order valence-electron chi connectivity index (χ3n) is 5.48. The zero-order chi connectivity index (χ0) is 23.6. The second-order valence-electron chi connectivity index (χ2n) is 7.79. The highest BCUT2D eigenvalue weighted by Crippen LogP contribution is 2.27. The number of nitrogens with zero attached hydrogens (tertiary/aromatic N) is 2. The molecule has 0 atom stereocenters. The molecule has 1 aromatic heterocycles. The average Bonchev–Trinajstić information content (AvgIpc) is 2.79. The minimum atomic E-state index is -3.63. The number of rotatable bonds is 6. The Labute approximate surface area is 192 Å². The van der Waals surface area contributed by atoms with Crippen molar-refractivity contribution in [3.05, 3.63) is 94.0 Å². The average molecular weight is 458 g/mol. The summed E-state index contributed by atoms with van der Waals surface area (Å²) in [5.74, 6) is 3.19. The number of hydrogen-bond donors (Lipinski definition) is 1. The minimum absolute atomic E-state index is 0.201. The van der Waals surface area contributed by atoms with E-state index in [9.17, 15) is 13.2 Å². The number of aromatic amines is 1. The molecule has 4 aromatic rings. The molecule has 6 nitrogen and oxygen atoms in total. The first-order valence-electron chi connectivity index (χ1n) is 10.4. The highest BCUT2D eigenvalue weighted by Gasteiger charge is 2.20. The number of H-pyrrole nitrogens is 1. The topological polar surface area (TPSA) is 83.1 Å². The Hall–Kier alpha value is -3.89. The van der Waals surface area contributed by atoms with Crippen molar-refractivity contribution in [1.29, 1.82) is 0 Å². The lowest BCUT2D eigenvalue weighted by Gasteiger charge is -2.23. The molecule has 0 unspecified atom stereocenters. The molecule has 4 rings (SSSR count). The van der Waals surface area contributed by atoms with Crippen LogP contribution in [-0.4, -0.2) is 24.9 Å². The number of aryl methyl sites for hydroxylation is 2. The molecular formula is C26H23N3O3S. The molecule has 7 heteroatoms. The van der Waals surface area contributed by atoms with Crippen LogP contribution < -0.4 is 10.5 Å². The maximum absolute atomic E-state index is 13.1. The largest absolute Gasteiger partial charge is 0.356 e. The van der Waals surface area contributed by atoms with Gasteiger partial charge in [0.1, 0.15) is 5.82 Å². The van der Waals surface area contributed by atoms with E-state index in [1.807, 2.05) is 23.1 Å². The fraction of sp³-hybridized carbons (Fsp3) is 0.154. The number of anilines is 1. The standard InChI is InChI=1S/C26H23N3O3S/c1-4-16-29(17-20-9-7-10-23-25(20)26(30)28-19(3)27-23)21-12-14-22(15-13-21)33(31,32)24-11-6-5-8-18(24)2/h1,5-15H,16-17H2,2-3H3,(H,27,28,30). The van der Waals surface area contributed by atoms with Crippen molar-refractivity contribution in [2.75, 3.05) is 11.4 Å². The van der Waals surface area contributed by atoms with Crippen LogP contribution in [0.15, 0.2) is 81.3 Å². The van der Waals surface area contributed by atoms with Gasteiger partial charge in [0.15, 0.2) is 0 Å². The van der Waals surface area contributed by atoms with Crippen LogP contribution in [0.25, 0.3) is 10.9 Å². The van der Waals surface area contributed by atoms with Gasteiger partial charge in [-0.05, 0) is 61.4 Å². The van der Waals surface area contributed by atoms with E-state index in [0.29, 0.717) is 28.8 Å². The summed E-state index contributed by atoms with van der Waals surface area (Å²) in [5.41, 5.74) is 2.65. The van der Waals surface area contributed by atoms with Crippen molar-refractivity contribution < 1.29 is 8.42 Å². The predicted octanol–water partition coefficient (Wildman–Crippen LogP) is 4.01.